The summed E-state index contributed by atoms with van der Waals surface area (Å²) >= 11 is 6.01. The zero-order valence-electron chi connectivity index (χ0n) is 8.07. The van der Waals surface area contributed by atoms with E-state index in [9.17, 15) is 4.79 Å². The van der Waals surface area contributed by atoms with Gasteiger partial charge in [0.2, 0.25) is 0 Å². The number of hydrogen-bond donors (Lipinski definition) is 1. The van der Waals surface area contributed by atoms with E-state index in [1.165, 1.54) is 4.68 Å². The van der Waals surface area contributed by atoms with Crippen LogP contribution < -0.4 is 0 Å². The van der Waals surface area contributed by atoms with Gasteiger partial charge in [-0.2, -0.15) is 5.10 Å². The highest BCUT2D eigenvalue weighted by Crippen LogP contribution is 2.25. The molecule has 0 atom stereocenters. The van der Waals surface area contributed by atoms with E-state index in [0.717, 1.165) is 16.6 Å². The lowest BCUT2D eigenvalue weighted by molar-refractivity contribution is -0.137. The highest BCUT2D eigenvalue weighted by Gasteiger charge is 2.11. The van der Waals surface area contributed by atoms with Gasteiger partial charge in [0.25, 0.3) is 0 Å². The van der Waals surface area contributed by atoms with E-state index in [0.29, 0.717) is 5.02 Å². The quantitative estimate of drug-likeness (QED) is 0.850. The lowest BCUT2D eigenvalue weighted by atomic mass is 10.2. The molecular weight excluding hydrogens is 216 g/mol. The molecule has 0 unspecified atom stereocenters. The summed E-state index contributed by atoms with van der Waals surface area (Å²) in [6, 6.07) is 5.36. The molecule has 0 fully saturated rings. The average Bonchev–Trinajstić information content (AvgIpc) is 2.44. The smallest absolute Gasteiger partial charge is 0.325 e. The highest BCUT2D eigenvalue weighted by molar-refractivity contribution is 6.35. The summed E-state index contributed by atoms with van der Waals surface area (Å²) in [5.74, 6) is -0.917. The summed E-state index contributed by atoms with van der Waals surface area (Å²) in [7, 11) is 0. The maximum absolute atomic E-state index is 10.6. The van der Waals surface area contributed by atoms with Gasteiger partial charge in [0.15, 0.2) is 0 Å². The van der Waals surface area contributed by atoms with E-state index in [2.05, 4.69) is 5.10 Å². The summed E-state index contributed by atoms with van der Waals surface area (Å²) in [6.45, 7) is 1.66. The molecule has 0 spiro atoms. The summed E-state index contributed by atoms with van der Waals surface area (Å²) in [5, 5.41) is 14.3. The molecule has 4 nitrogen and oxygen atoms in total. The second-order valence-corrected chi connectivity index (χ2v) is 3.68. The second-order valence-electron chi connectivity index (χ2n) is 3.27. The van der Waals surface area contributed by atoms with E-state index in [1.54, 1.807) is 12.1 Å². The van der Waals surface area contributed by atoms with Crippen molar-refractivity contribution in [2.75, 3.05) is 0 Å². The first kappa shape index (κ1) is 9.98. The van der Waals surface area contributed by atoms with E-state index in [4.69, 9.17) is 16.7 Å². The van der Waals surface area contributed by atoms with Gasteiger partial charge in [0, 0.05) is 5.39 Å². The molecule has 1 heterocycles. The van der Waals surface area contributed by atoms with E-state index in [-0.39, 0.29) is 6.54 Å². The molecule has 78 valence electrons. The molecule has 0 bridgehead atoms. The Labute approximate surface area is 91.1 Å². The third kappa shape index (κ3) is 1.68. The molecule has 1 aromatic heterocycles. The second kappa shape index (κ2) is 3.55. The number of fused-ring (bicyclic) bond motifs is 1. The van der Waals surface area contributed by atoms with Crippen LogP contribution in [0.4, 0.5) is 0 Å². The van der Waals surface area contributed by atoms with Crippen LogP contribution >= 0.6 is 11.6 Å². The van der Waals surface area contributed by atoms with Gasteiger partial charge in [0.05, 0.1) is 16.2 Å². The van der Waals surface area contributed by atoms with Crippen molar-refractivity contribution in [2.45, 2.75) is 13.5 Å². The van der Waals surface area contributed by atoms with Crippen molar-refractivity contribution in [3.8, 4) is 0 Å². The Morgan fingerprint density at radius 1 is 1.60 bits per heavy atom. The number of aryl methyl sites for hydroxylation is 1. The molecule has 0 saturated carbocycles. The number of aromatic nitrogens is 2. The monoisotopic (exact) mass is 224 g/mol. The van der Waals surface area contributed by atoms with Gasteiger partial charge >= 0.3 is 5.97 Å². The van der Waals surface area contributed by atoms with Gasteiger partial charge < -0.3 is 5.11 Å². The molecule has 0 aliphatic rings. The molecule has 0 amide bonds. The molecule has 0 aliphatic carbocycles. The van der Waals surface area contributed by atoms with Gasteiger partial charge in [-0.3, -0.25) is 9.48 Å². The van der Waals surface area contributed by atoms with Crippen LogP contribution in [0.2, 0.25) is 5.02 Å². The SMILES string of the molecule is Cc1nn(CC(=O)O)c2cccc(Cl)c12. The molecule has 0 saturated heterocycles. The molecule has 15 heavy (non-hydrogen) atoms. The van der Waals surface area contributed by atoms with Crippen LogP contribution in [0.3, 0.4) is 0 Å². The minimum absolute atomic E-state index is 0.148. The van der Waals surface area contributed by atoms with E-state index < -0.39 is 5.97 Å². The fourth-order valence-electron chi connectivity index (χ4n) is 1.62. The van der Waals surface area contributed by atoms with Crippen molar-refractivity contribution in [3.63, 3.8) is 0 Å². The Morgan fingerprint density at radius 2 is 2.33 bits per heavy atom. The number of nitrogens with zero attached hydrogens (tertiary/aromatic N) is 2. The van der Waals surface area contributed by atoms with Crippen LogP contribution in [0.15, 0.2) is 18.2 Å². The predicted octanol–water partition coefficient (Wildman–Crippen LogP) is 2.08. The molecule has 5 heteroatoms. The number of hydrogen-bond acceptors (Lipinski definition) is 2. The van der Waals surface area contributed by atoms with Crippen LogP contribution in [0, 0.1) is 6.92 Å². The first-order valence-electron chi connectivity index (χ1n) is 4.43. The normalized spacial score (nSPS) is 10.8. The van der Waals surface area contributed by atoms with Crippen LogP contribution in [0.5, 0.6) is 0 Å². The number of carboxylic acid groups (broad SMARTS) is 1. The van der Waals surface area contributed by atoms with Gasteiger partial charge in [-0.1, -0.05) is 17.7 Å². The third-order valence-corrected chi connectivity index (χ3v) is 2.50. The zero-order chi connectivity index (χ0) is 11.0. The topological polar surface area (TPSA) is 55.1 Å². The Morgan fingerprint density at radius 3 is 3.00 bits per heavy atom. The van der Waals surface area contributed by atoms with Crippen LogP contribution in [-0.4, -0.2) is 20.9 Å². The first-order valence-corrected chi connectivity index (χ1v) is 4.81. The maximum Gasteiger partial charge on any atom is 0.325 e. The lowest BCUT2D eigenvalue weighted by Crippen LogP contribution is -2.09. The maximum atomic E-state index is 10.6. The van der Waals surface area contributed by atoms with Crippen molar-refractivity contribution in [2.24, 2.45) is 0 Å². The largest absolute Gasteiger partial charge is 0.480 e. The van der Waals surface area contributed by atoms with Crippen molar-refractivity contribution in [1.82, 2.24) is 9.78 Å². The number of carbonyl (C=O) groups is 1. The molecule has 1 aromatic carbocycles. The van der Waals surface area contributed by atoms with Gasteiger partial charge in [0.1, 0.15) is 6.54 Å². The molecule has 0 radical (unpaired) electrons. The summed E-state index contributed by atoms with van der Waals surface area (Å²) in [4.78, 5) is 10.6. The minimum Gasteiger partial charge on any atom is -0.480 e. The number of carboxylic acids is 1. The van der Waals surface area contributed by atoms with Crippen LogP contribution in [-0.2, 0) is 11.3 Å². The number of benzene rings is 1. The summed E-state index contributed by atoms with van der Waals surface area (Å²) < 4.78 is 1.44. The first-order chi connectivity index (χ1) is 7.09. The summed E-state index contributed by atoms with van der Waals surface area (Å²) in [5.41, 5.74) is 1.50. The fourth-order valence-corrected chi connectivity index (χ4v) is 1.93. The zero-order valence-corrected chi connectivity index (χ0v) is 8.82. The van der Waals surface area contributed by atoms with Crippen LogP contribution in [0.25, 0.3) is 10.9 Å². The molecule has 1 N–H and O–H groups in total. The number of halogens is 1. The van der Waals surface area contributed by atoms with Crippen molar-refractivity contribution in [1.29, 1.82) is 0 Å². The molecule has 2 rings (SSSR count). The van der Waals surface area contributed by atoms with Gasteiger partial charge in [-0.05, 0) is 19.1 Å². The van der Waals surface area contributed by atoms with Crippen molar-refractivity contribution >= 4 is 28.5 Å². The Balaban J connectivity index is 2.68. The Kier molecular flexibility index (Phi) is 2.36. The standard InChI is InChI=1S/C10H9ClN2O2/c1-6-10-7(11)3-2-4-8(10)13(12-6)5-9(14)15/h2-4H,5H2,1H3,(H,14,15). The predicted molar refractivity (Wildman–Crippen MR) is 57.1 cm³/mol. The Bertz CT molecular complexity index is 533. The van der Waals surface area contributed by atoms with Gasteiger partial charge in [-0.25, -0.2) is 0 Å². The lowest BCUT2D eigenvalue weighted by Gasteiger charge is -1.98. The van der Waals surface area contributed by atoms with Crippen molar-refractivity contribution in [3.05, 3.63) is 28.9 Å². The van der Waals surface area contributed by atoms with Crippen LogP contribution in [0.1, 0.15) is 5.69 Å². The molecule has 0 aliphatic heterocycles. The molecule has 2 aromatic rings. The van der Waals surface area contributed by atoms with E-state index in [1.807, 2.05) is 13.0 Å². The number of rotatable bonds is 2. The van der Waals surface area contributed by atoms with Crippen molar-refractivity contribution < 1.29 is 9.90 Å². The number of aliphatic carboxylic acids is 1. The average molecular weight is 225 g/mol. The highest BCUT2D eigenvalue weighted by atomic mass is 35.5. The molecular formula is C10H9ClN2O2. The fraction of sp³-hybridized carbons (Fsp3) is 0.200. The Hall–Kier alpha value is -1.55. The minimum atomic E-state index is -0.917. The summed E-state index contributed by atoms with van der Waals surface area (Å²) in [6.07, 6.45) is 0. The van der Waals surface area contributed by atoms with Gasteiger partial charge in [-0.15, -0.1) is 0 Å². The van der Waals surface area contributed by atoms with E-state index >= 15 is 0 Å². The third-order valence-electron chi connectivity index (χ3n) is 2.19.